The minimum atomic E-state index is 0.127. The number of nitriles is 1. The molecule has 0 saturated carbocycles. The van der Waals surface area contributed by atoms with Gasteiger partial charge in [0, 0.05) is 26.2 Å². The maximum Gasteiger partial charge on any atom is 0.0995 e. The molecule has 2 atom stereocenters. The van der Waals surface area contributed by atoms with E-state index in [2.05, 4.69) is 11.0 Å². The Bertz CT molecular complexity index is 442. The Kier molecular flexibility index (Phi) is 4.32. The highest BCUT2D eigenvalue weighted by molar-refractivity contribution is 5.37. The molecule has 1 aliphatic rings. The summed E-state index contributed by atoms with van der Waals surface area (Å²) in [4.78, 5) is 2.18. The largest absolute Gasteiger partial charge is 0.395 e. The molecular formula is C14H18N2O2. The molecule has 0 radical (unpaired) electrons. The van der Waals surface area contributed by atoms with E-state index >= 15 is 0 Å². The van der Waals surface area contributed by atoms with Crippen LogP contribution in [-0.2, 0) is 11.3 Å². The summed E-state index contributed by atoms with van der Waals surface area (Å²) in [5.74, 6) is 0. The van der Waals surface area contributed by atoms with Crippen molar-refractivity contribution in [1.82, 2.24) is 4.90 Å². The minimum absolute atomic E-state index is 0.127. The standard InChI is InChI=1S/C14H18N2O2/c1-18-14-6-13(10-17)16(9-14)8-12-5-3-2-4-11(12)7-15/h2-5,13-14,17H,6,8-10H2,1H3/t13-,14+/m0/s1. The second-order valence-corrected chi connectivity index (χ2v) is 4.63. The van der Waals surface area contributed by atoms with Gasteiger partial charge in [-0.25, -0.2) is 0 Å². The van der Waals surface area contributed by atoms with Gasteiger partial charge in [0.1, 0.15) is 0 Å². The van der Waals surface area contributed by atoms with Crippen LogP contribution >= 0.6 is 0 Å². The molecule has 1 aromatic carbocycles. The van der Waals surface area contributed by atoms with Crippen molar-refractivity contribution in [2.24, 2.45) is 0 Å². The molecule has 1 N–H and O–H groups in total. The summed E-state index contributed by atoms with van der Waals surface area (Å²) in [7, 11) is 1.70. The predicted octanol–water partition coefficient (Wildman–Crippen LogP) is 1.14. The maximum absolute atomic E-state index is 9.39. The van der Waals surface area contributed by atoms with Gasteiger partial charge < -0.3 is 9.84 Å². The minimum Gasteiger partial charge on any atom is -0.395 e. The molecule has 1 aliphatic heterocycles. The molecule has 4 heteroatoms. The van der Waals surface area contributed by atoms with Crippen LogP contribution in [0.1, 0.15) is 17.5 Å². The number of nitrogens with zero attached hydrogens (tertiary/aromatic N) is 2. The highest BCUT2D eigenvalue weighted by Gasteiger charge is 2.31. The van der Waals surface area contributed by atoms with Gasteiger partial charge in [0.05, 0.1) is 24.3 Å². The van der Waals surface area contributed by atoms with E-state index in [0.717, 1.165) is 18.5 Å². The summed E-state index contributed by atoms with van der Waals surface area (Å²) in [6.07, 6.45) is 1.03. The molecule has 1 aromatic rings. The topological polar surface area (TPSA) is 56.5 Å². The molecule has 0 aromatic heterocycles. The van der Waals surface area contributed by atoms with Crippen molar-refractivity contribution in [2.45, 2.75) is 25.1 Å². The molecule has 4 nitrogen and oxygen atoms in total. The zero-order chi connectivity index (χ0) is 13.0. The van der Waals surface area contributed by atoms with Crippen LogP contribution in [0.15, 0.2) is 24.3 Å². The van der Waals surface area contributed by atoms with Crippen LogP contribution < -0.4 is 0 Å². The summed E-state index contributed by atoms with van der Waals surface area (Å²) in [6, 6.07) is 9.93. The van der Waals surface area contributed by atoms with E-state index in [1.807, 2.05) is 24.3 Å². The molecule has 0 aliphatic carbocycles. The van der Waals surface area contributed by atoms with E-state index in [1.165, 1.54) is 0 Å². The summed E-state index contributed by atoms with van der Waals surface area (Å²) >= 11 is 0. The lowest BCUT2D eigenvalue weighted by Gasteiger charge is -2.22. The van der Waals surface area contributed by atoms with Gasteiger partial charge in [0.15, 0.2) is 0 Å². The van der Waals surface area contributed by atoms with Gasteiger partial charge >= 0.3 is 0 Å². The summed E-state index contributed by atoms with van der Waals surface area (Å²) in [6.45, 7) is 1.63. The smallest absolute Gasteiger partial charge is 0.0995 e. The normalized spacial score (nSPS) is 24.1. The number of hydrogen-bond acceptors (Lipinski definition) is 4. The molecule has 18 heavy (non-hydrogen) atoms. The quantitative estimate of drug-likeness (QED) is 0.865. The van der Waals surface area contributed by atoms with Crippen molar-refractivity contribution in [3.8, 4) is 6.07 Å². The molecule has 1 heterocycles. The lowest BCUT2D eigenvalue weighted by Crippen LogP contribution is -2.32. The third-order valence-electron chi connectivity index (χ3n) is 3.54. The molecular weight excluding hydrogens is 228 g/mol. The van der Waals surface area contributed by atoms with E-state index < -0.39 is 0 Å². The van der Waals surface area contributed by atoms with Crippen molar-refractivity contribution in [1.29, 1.82) is 5.26 Å². The highest BCUT2D eigenvalue weighted by Crippen LogP contribution is 2.23. The Labute approximate surface area is 107 Å². The van der Waals surface area contributed by atoms with Gasteiger partial charge in [-0.2, -0.15) is 5.26 Å². The van der Waals surface area contributed by atoms with E-state index in [4.69, 9.17) is 10.00 Å². The van der Waals surface area contributed by atoms with E-state index in [0.29, 0.717) is 12.1 Å². The number of hydrogen-bond donors (Lipinski definition) is 1. The molecule has 0 bridgehead atoms. The number of aliphatic hydroxyl groups excluding tert-OH is 1. The molecule has 1 saturated heterocycles. The Balaban J connectivity index is 2.11. The first-order valence-electron chi connectivity index (χ1n) is 6.14. The molecule has 96 valence electrons. The lowest BCUT2D eigenvalue weighted by atomic mass is 10.1. The fourth-order valence-corrected chi connectivity index (χ4v) is 2.48. The molecule has 0 amide bonds. The van der Waals surface area contributed by atoms with E-state index in [9.17, 15) is 5.11 Å². The van der Waals surface area contributed by atoms with Crippen LogP contribution in [0, 0.1) is 11.3 Å². The summed E-state index contributed by atoms with van der Waals surface area (Å²) < 4.78 is 5.35. The summed E-state index contributed by atoms with van der Waals surface area (Å²) in [5, 5.41) is 18.5. The van der Waals surface area contributed by atoms with Crippen molar-refractivity contribution >= 4 is 0 Å². The zero-order valence-electron chi connectivity index (χ0n) is 10.5. The first kappa shape index (κ1) is 13.0. The predicted molar refractivity (Wildman–Crippen MR) is 67.9 cm³/mol. The average molecular weight is 246 g/mol. The molecule has 1 fully saturated rings. The summed E-state index contributed by atoms with van der Waals surface area (Å²) in [5.41, 5.74) is 1.71. The average Bonchev–Trinajstić information content (AvgIpc) is 2.81. The number of methoxy groups -OCH3 is 1. The fraction of sp³-hybridized carbons (Fsp3) is 0.500. The molecule has 2 rings (SSSR count). The zero-order valence-corrected chi connectivity index (χ0v) is 10.5. The first-order valence-corrected chi connectivity index (χ1v) is 6.14. The van der Waals surface area contributed by atoms with Crippen molar-refractivity contribution < 1.29 is 9.84 Å². The second-order valence-electron chi connectivity index (χ2n) is 4.63. The Morgan fingerprint density at radius 2 is 2.28 bits per heavy atom. The van der Waals surface area contributed by atoms with Crippen molar-refractivity contribution in [3.05, 3.63) is 35.4 Å². The van der Waals surface area contributed by atoms with Crippen LogP contribution in [0.5, 0.6) is 0 Å². The van der Waals surface area contributed by atoms with E-state index in [1.54, 1.807) is 7.11 Å². The molecule has 0 spiro atoms. The van der Waals surface area contributed by atoms with Gasteiger partial charge in [-0.3, -0.25) is 4.90 Å². The van der Waals surface area contributed by atoms with Crippen LogP contribution in [0.4, 0.5) is 0 Å². The van der Waals surface area contributed by atoms with Crippen LogP contribution in [0.25, 0.3) is 0 Å². The van der Waals surface area contributed by atoms with Crippen molar-refractivity contribution in [3.63, 3.8) is 0 Å². The maximum atomic E-state index is 9.39. The van der Waals surface area contributed by atoms with Crippen LogP contribution in [0.3, 0.4) is 0 Å². The number of benzene rings is 1. The third-order valence-corrected chi connectivity index (χ3v) is 3.54. The van der Waals surface area contributed by atoms with Gasteiger partial charge in [0.25, 0.3) is 0 Å². The third kappa shape index (κ3) is 2.70. The monoisotopic (exact) mass is 246 g/mol. The number of likely N-dealkylation sites (tertiary alicyclic amines) is 1. The van der Waals surface area contributed by atoms with Crippen molar-refractivity contribution in [2.75, 3.05) is 20.3 Å². The fourth-order valence-electron chi connectivity index (χ4n) is 2.48. The molecule has 0 unspecified atom stereocenters. The van der Waals surface area contributed by atoms with Crippen LogP contribution in [0.2, 0.25) is 0 Å². The van der Waals surface area contributed by atoms with Gasteiger partial charge in [-0.05, 0) is 18.1 Å². The van der Waals surface area contributed by atoms with E-state index in [-0.39, 0.29) is 18.8 Å². The number of ether oxygens (including phenoxy) is 1. The van der Waals surface area contributed by atoms with Gasteiger partial charge in [0.2, 0.25) is 0 Å². The number of aliphatic hydroxyl groups is 1. The Hall–Kier alpha value is -1.41. The van der Waals surface area contributed by atoms with Gasteiger partial charge in [-0.15, -0.1) is 0 Å². The first-order chi connectivity index (χ1) is 8.78. The SMILES string of the molecule is CO[C@@H]1C[C@@H](CO)N(Cc2ccccc2C#N)C1. The Morgan fingerprint density at radius 1 is 1.50 bits per heavy atom. The number of rotatable bonds is 4. The van der Waals surface area contributed by atoms with Gasteiger partial charge in [-0.1, -0.05) is 18.2 Å². The second kappa shape index (κ2) is 5.96. The highest BCUT2D eigenvalue weighted by atomic mass is 16.5. The van der Waals surface area contributed by atoms with Crippen LogP contribution in [-0.4, -0.2) is 42.4 Å². The Morgan fingerprint density at radius 3 is 2.94 bits per heavy atom. The lowest BCUT2D eigenvalue weighted by molar-refractivity contribution is 0.107.